The van der Waals surface area contributed by atoms with Crippen molar-refractivity contribution in [2.45, 2.75) is 6.54 Å². The van der Waals surface area contributed by atoms with Crippen LogP contribution in [0, 0.1) is 0 Å². The Morgan fingerprint density at radius 1 is 1.04 bits per heavy atom. The minimum Gasteiger partial charge on any atom is -0.496 e. The molecule has 1 heterocycles. The molecule has 0 bridgehead atoms. The Kier molecular flexibility index (Phi) is 8.03. The number of ether oxygens (including phenoxy) is 4. The van der Waals surface area contributed by atoms with E-state index < -0.39 is 0 Å². The highest BCUT2D eigenvalue weighted by Gasteiger charge is 2.14. The summed E-state index contributed by atoms with van der Waals surface area (Å²) in [6.07, 6.45) is 0. The molecule has 1 aromatic rings. The second-order valence-corrected chi connectivity index (χ2v) is 6.15. The molecule has 1 aliphatic heterocycles. The Morgan fingerprint density at radius 2 is 1.68 bits per heavy atom. The summed E-state index contributed by atoms with van der Waals surface area (Å²) in [4.78, 5) is 1.54. The average molecular weight is 370 g/mol. The van der Waals surface area contributed by atoms with E-state index in [0.717, 1.165) is 50.7 Å². The fraction of sp³-hybridized carbons (Fsp3) is 0.588. The zero-order valence-corrected chi connectivity index (χ0v) is 16.0. The van der Waals surface area contributed by atoms with Crippen molar-refractivity contribution in [3.8, 4) is 17.2 Å². The Morgan fingerprint density at radius 3 is 2.32 bits per heavy atom. The summed E-state index contributed by atoms with van der Waals surface area (Å²) in [5.74, 6) is 2.03. The molecule has 8 heteroatoms. The molecule has 140 valence electrons. The van der Waals surface area contributed by atoms with E-state index in [2.05, 4.69) is 10.6 Å². The van der Waals surface area contributed by atoms with Gasteiger partial charge in [-0.3, -0.25) is 0 Å². The van der Waals surface area contributed by atoms with E-state index in [1.165, 1.54) is 0 Å². The highest BCUT2D eigenvalue weighted by molar-refractivity contribution is 7.80. The van der Waals surface area contributed by atoms with Crippen LogP contribution in [0.1, 0.15) is 5.56 Å². The minimum atomic E-state index is 0.541. The van der Waals surface area contributed by atoms with Crippen LogP contribution in [0.4, 0.5) is 0 Å². The molecule has 0 radical (unpaired) electrons. The molecule has 0 aliphatic carbocycles. The van der Waals surface area contributed by atoms with Gasteiger partial charge in [0.2, 0.25) is 0 Å². The number of rotatable bonds is 8. The van der Waals surface area contributed by atoms with Crippen LogP contribution < -0.4 is 29.7 Å². The van der Waals surface area contributed by atoms with Crippen LogP contribution in [0.15, 0.2) is 12.1 Å². The predicted octanol–water partition coefficient (Wildman–Crippen LogP) is -0.408. The van der Waals surface area contributed by atoms with E-state index in [9.17, 15) is 0 Å². The summed E-state index contributed by atoms with van der Waals surface area (Å²) in [6, 6.07) is 3.71. The van der Waals surface area contributed by atoms with Gasteiger partial charge in [0.05, 0.1) is 47.6 Å². The zero-order chi connectivity index (χ0) is 18.1. The molecule has 2 rings (SSSR count). The molecule has 3 N–H and O–H groups in total. The summed E-state index contributed by atoms with van der Waals surface area (Å²) < 4.78 is 21.4. The lowest BCUT2D eigenvalue weighted by Crippen LogP contribution is -3.14. The van der Waals surface area contributed by atoms with Crippen molar-refractivity contribution in [3.05, 3.63) is 17.7 Å². The van der Waals surface area contributed by atoms with Gasteiger partial charge in [0, 0.05) is 18.2 Å². The highest BCUT2D eigenvalue weighted by atomic mass is 32.1. The van der Waals surface area contributed by atoms with Crippen molar-refractivity contribution in [2.75, 3.05) is 60.7 Å². The average Bonchev–Trinajstić information content (AvgIpc) is 2.66. The molecule has 1 fully saturated rings. The molecule has 1 aliphatic rings. The molecule has 0 spiro atoms. The third-order valence-electron chi connectivity index (χ3n) is 4.19. The Balaban J connectivity index is 1.82. The summed E-state index contributed by atoms with van der Waals surface area (Å²) in [7, 11) is 4.85. The lowest BCUT2D eigenvalue weighted by Gasteiger charge is -2.24. The third-order valence-corrected chi connectivity index (χ3v) is 4.48. The maximum absolute atomic E-state index is 5.43. The zero-order valence-electron chi connectivity index (χ0n) is 15.1. The third kappa shape index (κ3) is 5.91. The summed E-state index contributed by atoms with van der Waals surface area (Å²) >= 11 is 5.36. The van der Waals surface area contributed by atoms with Gasteiger partial charge in [0.15, 0.2) is 16.6 Å². The van der Waals surface area contributed by atoms with Crippen molar-refractivity contribution < 1.29 is 23.8 Å². The van der Waals surface area contributed by atoms with Gasteiger partial charge in [0.1, 0.15) is 18.8 Å². The van der Waals surface area contributed by atoms with Gasteiger partial charge >= 0.3 is 0 Å². The van der Waals surface area contributed by atoms with Gasteiger partial charge in [-0.15, -0.1) is 0 Å². The maximum atomic E-state index is 5.43. The topological polar surface area (TPSA) is 65.4 Å². The molecule has 0 atom stereocenters. The second kappa shape index (κ2) is 10.3. The van der Waals surface area contributed by atoms with Gasteiger partial charge in [-0.2, -0.15) is 0 Å². The highest BCUT2D eigenvalue weighted by Crippen LogP contribution is 2.34. The maximum Gasteiger partial charge on any atom is 0.166 e. The number of hydrogen-bond donors (Lipinski definition) is 3. The van der Waals surface area contributed by atoms with Crippen molar-refractivity contribution in [1.82, 2.24) is 10.6 Å². The lowest BCUT2D eigenvalue weighted by atomic mass is 10.1. The first-order chi connectivity index (χ1) is 12.2. The molecule has 25 heavy (non-hydrogen) atoms. The molecule has 0 unspecified atom stereocenters. The smallest absolute Gasteiger partial charge is 0.166 e. The lowest BCUT2D eigenvalue weighted by molar-refractivity contribution is -0.906. The molecule has 7 nitrogen and oxygen atoms in total. The number of benzene rings is 1. The van der Waals surface area contributed by atoms with Gasteiger partial charge in [-0.1, -0.05) is 0 Å². The van der Waals surface area contributed by atoms with E-state index >= 15 is 0 Å². The second-order valence-electron chi connectivity index (χ2n) is 5.74. The van der Waals surface area contributed by atoms with Crippen LogP contribution in [0.5, 0.6) is 17.2 Å². The Labute approximate surface area is 154 Å². The minimum absolute atomic E-state index is 0.541. The summed E-state index contributed by atoms with van der Waals surface area (Å²) in [6.45, 7) is 6.22. The van der Waals surface area contributed by atoms with Crippen molar-refractivity contribution in [3.63, 3.8) is 0 Å². The van der Waals surface area contributed by atoms with Crippen LogP contribution in [0.2, 0.25) is 0 Å². The first-order valence-corrected chi connectivity index (χ1v) is 8.80. The van der Waals surface area contributed by atoms with Crippen LogP contribution in [-0.2, 0) is 11.3 Å². The quantitative estimate of drug-likeness (QED) is 0.538. The SMILES string of the molecule is COc1cc(OC)c(OC)cc1CNC(=S)NCC[NH+]1CCOCC1. The molecule has 0 aromatic heterocycles. The standard InChI is InChI=1S/C17H27N3O4S/c1-21-14-11-16(23-3)15(22-2)10-13(14)12-19-17(25)18-4-5-20-6-8-24-9-7-20/h10-11H,4-9,12H2,1-3H3,(H2,18,19,25)/p+1. The number of morpholine rings is 1. The molecule has 1 saturated heterocycles. The molecular weight excluding hydrogens is 342 g/mol. The molecule has 0 amide bonds. The van der Waals surface area contributed by atoms with Gasteiger partial charge < -0.3 is 34.5 Å². The van der Waals surface area contributed by atoms with Gasteiger partial charge in [0.25, 0.3) is 0 Å². The fourth-order valence-corrected chi connectivity index (χ4v) is 2.91. The Hall–Kier alpha value is -1.77. The van der Waals surface area contributed by atoms with Gasteiger partial charge in [-0.05, 0) is 18.3 Å². The molecule has 0 saturated carbocycles. The largest absolute Gasteiger partial charge is 0.496 e. The number of hydrogen-bond acceptors (Lipinski definition) is 5. The number of methoxy groups -OCH3 is 3. The molecule has 1 aromatic carbocycles. The van der Waals surface area contributed by atoms with E-state index in [4.69, 9.17) is 31.2 Å². The van der Waals surface area contributed by atoms with Crippen LogP contribution in [0.3, 0.4) is 0 Å². The normalized spacial score (nSPS) is 14.7. The van der Waals surface area contributed by atoms with E-state index in [-0.39, 0.29) is 0 Å². The van der Waals surface area contributed by atoms with E-state index in [1.54, 1.807) is 26.2 Å². The number of thiocarbonyl (C=S) groups is 1. The van der Waals surface area contributed by atoms with Crippen LogP contribution in [0.25, 0.3) is 0 Å². The first kappa shape index (κ1) is 19.6. The number of quaternary nitrogens is 1. The van der Waals surface area contributed by atoms with Crippen molar-refractivity contribution in [1.29, 1.82) is 0 Å². The van der Waals surface area contributed by atoms with Crippen LogP contribution >= 0.6 is 12.2 Å². The van der Waals surface area contributed by atoms with Crippen LogP contribution in [-0.4, -0.2) is 65.8 Å². The van der Waals surface area contributed by atoms with Gasteiger partial charge in [-0.25, -0.2) is 0 Å². The van der Waals surface area contributed by atoms with E-state index in [1.807, 2.05) is 12.1 Å². The first-order valence-electron chi connectivity index (χ1n) is 8.39. The van der Waals surface area contributed by atoms with E-state index in [0.29, 0.717) is 23.2 Å². The monoisotopic (exact) mass is 370 g/mol. The predicted molar refractivity (Wildman–Crippen MR) is 99.9 cm³/mol. The molecular formula is C17H28N3O4S+. The van der Waals surface area contributed by atoms with Crippen molar-refractivity contribution in [2.24, 2.45) is 0 Å². The van der Waals surface area contributed by atoms with Crippen molar-refractivity contribution >= 4 is 17.3 Å². The number of nitrogens with one attached hydrogen (secondary N) is 3. The fourth-order valence-electron chi connectivity index (χ4n) is 2.73. The summed E-state index contributed by atoms with van der Waals surface area (Å²) in [5, 5.41) is 7.09. The Bertz CT molecular complexity index is 565. The summed E-state index contributed by atoms with van der Waals surface area (Å²) in [5.41, 5.74) is 0.947.